The molecule has 1 aromatic rings. The van der Waals surface area contributed by atoms with E-state index in [1.807, 2.05) is 0 Å². The molecule has 2 aliphatic rings. The van der Waals surface area contributed by atoms with Crippen molar-refractivity contribution in [3.63, 3.8) is 0 Å². The first-order valence-corrected chi connectivity index (χ1v) is 6.12. The van der Waals surface area contributed by atoms with Gasteiger partial charge in [-0.1, -0.05) is 12.1 Å². The maximum Gasteiger partial charge on any atom is 0.125 e. The van der Waals surface area contributed by atoms with Crippen LogP contribution >= 0.6 is 0 Å². The Morgan fingerprint density at radius 3 is 2.81 bits per heavy atom. The maximum atomic E-state index is 10.00. The second-order valence-corrected chi connectivity index (χ2v) is 5.15. The molecule has 0 aliphatic heterocycles. The molecule has 0 saturated heterocycles. The van der Waals surface area contributed by atoms with Crippen molar-refractivity contribution in [2.45, 2.75) is 44.1 Å². The van der Waals surface area contributed by atoms with Gasteiger partial charge in [-0.3, -0.25) is 0 Å². The van der Waals surface area contributed by atoms with Crippen LogP contribution in [0.3, 0.4) is 0 Å². The fourth-order valence-corrected chi connectivity index (χ4v) is 2.75. The first kappa shape index (κ1) is 10.2. The summed E-state index contributed by atoms with van der Waals surface area (Å²) in [5.41, 5.74) is 3.57. The van der Waals surface area contributed by atoms with Crippen molar-refractivity contribution in [2.75, 3.05) is 7.11 Å². The quantitative estimate of drug-likeness (QED) is 0.843. The molecule has 2 heteroatoms. The van der Waals surface area contributed by atoms with E-state index in [1.54, 1.807) is 7.11 Å². The third kappa shape index (κ3) is 1.61. The summed E-state index contributed by atoms with van der Waals surface area (Å²) in [5.74, 6) is 1.04. The van der Waals surface area contributed by atoms with Crippen molar-refractivity contribution in [2.24, 2.45) is 0 Å². The molecule has 0 unspecified atom stereocenters. The molecule has 3 rings (SSSR count). The van der Waals surface area contributed by atoms with Crippen LogP contribution in [0.4, 0.5) is 0 Å². The first-order valence-electron chi connectivity index (χ1n) is 6.12. The number of hydrogen-bond acceptors (Lipinski definition) is 2. The molecule has 1 saturated carbocycles. The van der Waals surface area contributed by atoms with Crippen LogP contribution in [0.2, 0.25) is 0 Å². The Bertz CT molecular complexity index is 419. The van der Waals surface area contributed by atoms with E-state index >= 15 is 0 Å². The zero-order chi connectivity index (χ0) is 11.2. The molecule has 1 aromatic carbocycles. The number of aryl methyl sites for hydroxylation is 1. The molecule has 1 N–H and O–H groups in total. The SMILES string of the molecule is COc1c(CC2(O)CC2)ccc2c1CCC2. The van der Waals surface area contributed by atoms with Gasteiger partial charge in [0.05, 0.1) is 12.7 Å². The average Bonchev–Trinajstić information content (AvgIpc) is 2.80. The molecular formula is C14H18O2. The Balaban J connectivity index is 1.98. The van der Waals surface area contributed by atoms with Crippen molar-refractivity contribution in [1.82, 2.24) is 0 Å². The molecule has 2 nitrogen and oxygen atoms in total. The van der Waals surface area contributed by atoms with Crippen molar-refractivity contribution in [3.8, 4) is 5.75 Å². The second kappa shape index (κ2) is 3.49. The van der Waals surface area contributed by atoms with Crippen molar-refractivity contribution >= 4 is 0 Å². The van der Waals surface area contributed by atoms with E-state index in [0.717, 1.165) is 31.4 Å². The highest BCUT2D eigenvalue weighted by Gasteiger charge is 2.41. The lowest BCUT2D eigenvalue weighted by Crippen LogP contribution is -2.12. The lowest BCUT2D eigenvalue weighted by atomic mass is 9.99. The van der Waals surface area contributed by atoms with Crippen LogP contribution in [-0.4, -0.2) is 17.8 Å². The molecule has 0 radical (unpaired) electrons. The summed E-state index contributed by atoms with van der Waals surface area (Å²) in [6.45, 7) is 0. The largest absolute Gasteiger partial charge is 0.496 e. The summed E-state index contributed by atoms with van der Waals surface area (Å²) >= 11 is 0. The number of ether oxygens (including phenoxy) is 1. The van der Waals surface area contributed by atoms with Crippen LogP contribution in [0, 0.1) is 0 Å². The van der Waals surface area contributed by atoms with Gasteiger partial charge in [-0.2, -0.15) is 0 Å². The molecule has 0 spiro atoms. The highest BCUT2D eigenvalue weighted by atomic mass is 16.5. The molecule has 0 heterocycles. The monoisotopic (exact) mass is 218 g/mol. The van der Waals surface area contributed by atoms with E-state index < -0.39 is 5.60 Å². The Hall–Kier alpha value is -1.02. The van der Waals surface area contributed by atoms with E-state index in [4.69, 9.17) is 4.74 Å². The highest BCUT2D eigenvalue weighted by molar-refractivity contribution is 5.49. The maximum absolute atomic E-state index is 10.00. The molecule has 0 bridgehead atoms. The summed E-state index contributed by atoms with van der Waals surface area (Å²) in [5, 5.41) is 10.00. The van der Waals surface area contributed by atoms with Gasteiger partial charge in [0, 0.05) is 6.42 Å². The number of benzene rings is 1. The average molecular weight is 218 g/mol. The third-order valence-corrected chi connectivity index (χ3v) is 3.86. The molecular weight excluding hydrogens is 200 g/mol. The van der Waals surface area contributed by atoms with Gasteiger partial charge < -0.3 is 9.84 Å². The van der Waals surface area contributed by atoms with Crippen LogP contribution in [-0.2, 0) is 19.3 Å². The lowest BCUT2D eigenvalue weighted by molar-refractivity contribution is 0.150. The van der Waals surface area contributed by atoms with Crippen LogP contribution in [0.25, 0.3) is 0 Å². The summed E-state index contributed by atoms with van der Waals surface area (Å²) in [4.78, 5) is 0. The smallest absolute Gasteiger partial charge is 0.125 e. The van der Waals surface area contributed by atoms with Gasteiger partial charge in [0.2, 0.25) is 0 Å². The Morgan fingerprint density at radius 1 is 1.31 bits per heavy atom. The number of hydrogen-bond donors (Lipinski definition) is 1. The predicted molar refractivity (Wildman–Crippen MR) is 62.9 cm³/mol. The van der Waals surface area contributed by atoms with Crippen LogP contribution in [0.15, 0.2) is 12.1 Å². The summed E-state index contributed by atoms with van der Waals surface area (Å²) in [6, 6.07) is 4.35. The van der Waals surface area contributed by atoms with Gasteiger partial charge in [-0.25, -0.2) is 0 Å². The predicted octanol–water partition coefficient (Wildman–Crippen LogP) is 2.25. The number of aliphatic hydroxyl groups is 1. The molecule has 2 aliphatic carbocycles. The van der Waals surface area contributed by atoms with Crippen molar-refractivity contribution < 1.29 is 9.84 Å². The summed E-state index contributed by atoms with van der Waals surface area (Å²) in [7, 11) is 1.74. The van der Waals surface area contributed by atoms with Gasteiger partial charge in [0.1, 0.15) is 5.75 Å². The molecule has 16 heavy (non-hydrogen) atoms. The fraction of sp³-hybridized carbons (Fsp3) is 0.571. The molecule has 86 valence electrons. The van der Waals surface area contributed by atoms with Gasteiger partial charge in [-0.05, 0) is 48.8 Å². The first-order chi connectivity index (χ1) is 7.72. The minimum atomic E-state index is -0.430. The van der Waals surface area contributed by atoms with E-state index in [-0.39, 0.29) is 0 Å². The van der Waals surface area contributed by atoms with Crippen LogP contribution in [0.5, 0.6) is 5.75 Å². The number of fused-ring (bicyclic) bond motifs is 1. The van der Waals surface area contributed by atoms with E-state index in [0.29, 0.717) is 0 Å². The van der Waals surface area contributed by atoms with E-state index in [9.17, 15) is 5.11 Å². The standard InChI is InChI=1S/C14H18O2/c1-16-13-11(9-14(15)7-8-14)6-5-10-3-2-4-12(10)13/h5-6,15H,2-4,7-9H2,1H3. The summed E-state index contributed by atoms with van der Waals surface area (Å²) in [6.07, 6.45) is 6.17. The Kier molecular flexibility index (Phi) is 2.21. The normalized spacial score (nSPS) is 20.6. The summed E-state index contributed by atoms with van der Waals surface area (Å²) < 4.78 is 5.55. The van der Waals surface area contributed by atoms with Gasteiger partial charge in [0.25, 0.3) is 0 Å². The van der Waals surface area contributed by atoms with Crippen LogP contribution in [0.1, 0.15) is 36.0 Å². The molecule has 0 aromatic heterocycles. The fourth-order valence-electron chi connectivity index (χ4n) is 2.75. The van der Waals surface area contributed by atoms with Crippen LogP contribution < -0.4 is 4.74 Å². The van der Waals surface area contributed by atoms with Crippen molar-refractivity contribution in [1.29, 1.82) is 0 Å². The van der Waals surface area contributed by atoms with Gasteiger partial charge >= 0.3 is 0 Å². The highest BCUT2D eigenvalue weighted by Crippen LogP contribution is 2.42. The molecule has 1 fully saturated rings. The Morgan fingerprint density at radius 2 is 2.12 bits per heavy atom. The van der Waals surface area contributed by atoms with E-state index in [1.165, 1.54) is 29.5 Å². The van der Waals surface area contributed by atoms with E-state index in [2.05, 4.69) is 12.1 Å². The lowest BCUT2D eigenvalue weighted by Gasteiger charge is -2.15. The minimum Gasteiger partial charge on any atom is -0.496 e. The molecule has 0 amide bonds. The number of rotatable bonds is 3. The topological polar surface area (TPSA) is 29.5 Å². The number of methoxy groups -OCH3 is 1. The van der Waals surface area contributed by atoms with Gasteiger partial charge in [0.15, 0.2) is 0 Å². The third-order valence-electron chi connectivity index (χ3n) is 3.86. The Labute approximate surface area is 96.2 Å². The zero-order valence-corrected chi connectivity index (χ0v) is 9.75. The molecule has 0 atom stereocenters. The minimum absolute atomic E-state index is 0.430. The zero-order valence-electron chi connectivity index (χ0n) is 9.75. The van der Waals surface area contributed by atoms with Gasteiger partial charge in [-0.15, -0.1) is 0 Å². The van der Waals surface area contributed by atoms with Crippen molar-refractivity contribution in [3.05, 3.63) is 28.8 Å². The second-order valence-electron chi connectivity index (χ2n) is 5.15.